The summed E-state index contributed by atoms with van der Waals surface area (Å²) in [5, 5.41) is 13.4. The highest BCUT2D eigenvalue weighted by Gasteiger charge is 2.30. The van der Waals surface area contributed by atoms with Crippen molar-refractivity contribution in [3.05, 3.63) is 29.6 Å². The van der Waals surface area contributed by atoms with E-state index in [0.29, 0.717) is 11.3 Å². The molecular formula is C16H24FNO2. The highest BCUT2D eigenvalue weighted by Crippen LogP contribution is 2.29. The Morgan fingerprint density at radius 1 is 1.35 bits per heavy atom. The van der Waals surface area contributed by atoms with Gasteiger partial charge in [0, 0.05) is 17.7 Å². The monoisotopic (exact) mass is 281 g/mol. The van der Waals surface area contributed by atoms with E-state index >= 15 is 0 Å². The van der Waals surface area contributed by atoms with Crippen LogP contribution in [0.1, 0.15) is 50.6 Å². The summed E-state index contributed by atoms with van der Waals surface area (Å²) in [4.78, 5) is 0. The summed E-state index contributed by atoms with van der Waals surface area (Å²) in [6.45, 7) is 2.15. The van der Waals surface area contributed by atoms with E-state index in [0.717, 1.165) is 25.7 Å². The Balaban J connectivity index is 1.98. The van der Waals surface area contributed by atoms with Gasteiger partial charge in [0.25, 0.3) is 0 Å². The fourth-order valence-corrected chi connectivity index (χ4v) is 2.68. The Kier molecular flexibility index (Phi) is 5.00. The van der Waals surface area contributed by atoms with E-state index < -0.39 is 5.60 Å². The van der Waals surface area contributed by atoms with Crippen LogP contribution in [0.15, 0.2) is 18.2 Å². The average Bonchev–Trinajstić information content (AvgIpc) is 2.45. The fourth-order valence-electron chi connectivity index (χ4n) is 2.68. The quantitative estimate of drug-likeness (QED) is 0.871. The van der Waals surface area contributed by atoms with Crippen LogP contribution in [0.25, 0.3) is 0 Å². The number of benzene rings is 1. The molecule has 20 heavy (non-hydrogen) atoms. The molecule has 0 saturated heterocycles. The predicted molar refractivity (Wildman–Crippen MR) is 77.4 cm³/mol. The highest BCUT2D eigenvalue weighted by molar-refractivity contribution is 5.30. The van der Waals surface area contributed by atoms with E-state index in [1.165, 1.54) is 12.5 Å². The van der Waals surface area contributed by atoms with Crippen LogP contribution in [0.2, 0.25) is 0 Å². The van der Waals surface area contributed by atoms with Gasteiger partial charge in [-0.05, 0) is 32.9 Å². The Morgan fingerprint density at radius 2 is 2.05 bits per heavy atom. The Morgan fingerprint density at radius 3 is 2.65 bits per heavy atom. The van der Waals surface area contributed by atoms with Crippen molar-refractivity contribution in [2.75, 3.05) is 13.7 Å². The number of hydrogen-bond acceptors (Lipinski definition) is 3. The van der Waals surface area contributed by atoms with Crippen molar-refractivity contribution in [3.8, 4) is 5.75 Å². The van der Waals surface area contributed by atoms with E-state index in [2.05, 4.69) is 5.32 Å². The minimum absolute atomic E-state index is 0.0356. The fraction of sp³-hybridized carbons (Fsp3) is 0.625. The molecule has 3 nitrogen and oxygen atoms in total. The van der Waals surface area contributed by atoms with Crippen molar-refractivity contribution in [2.45, 2.75) is 50.7 Å². The van der Waals surface area contributed by atoms with E-state index in [1.54, 1.807) is 19.2 Å². The van der Waals surface area contributed by atoms with Crippen LogP contribution in [-0.4, -0.2) is 24.4 Å². The van der Waals surface area contributed by atoms with Gasteiger partial charge in [0.2, 0.25) is 0 Å². The molecule has 4 heteroatoms. The first-order chi connectivity index (χ1) is 9.54. The van der Waals surface area contributed by atoms with Crippen molar-refractivity contribution in [1.82, 2.24) is 5.32 Å². The summed E-state index contributed by atoms with van der Waals surface area (Å²) in [6.07, 6.45) is 4.78. The first kappa shape index (κ1) is 15.3. The summed E-state index contributed by atoms with van der Waals surface area (Å²) in [7, 11) is 1.80. The van der Waals surface area contributed by atoms with Crippen molar-refractivity contribution < 1.29 is 14.2 Å². The number of hydrogen-bond donors (Lipinski definition) is 2. The minimum atomic E-state index is -0.744. The maximum Gasteiger partial charge on any atom is 0.131 e. The molecule has 0 aliphatic heterocycles. The molecule has 2 rings (SSSR count). The average molecular weight is 281 g/mol. The third kappa shape index (κ3) is 3.70. The van der Waals surface area contributed by atoms with E-state index in [-0.39, 0.29) is 18.5 Å². The molecule has 0 spiro atoms. The van der Waals surface area contributed by atoms with Crippen LogP contribution in [-0.2, 0) is 0 Å². The van der Waals surface area contributed by atoms with Gasteiger partial charge in [0.15, 0.2) is 0 Å². The second kappa shape index (κ2) is 6.55. The summed E-state index contributed by atoms with van der Waals surface area (Å²) < 4.78 is 19.6. The zero-order valence-electron chi connectivity index (χ0n) is 12.3. The molecule has 112 valence electrons. The summed E-state index contributed by atoms with van der Waals surface area (Å²) in [6, 6.07) is 4.86. The van der Waals surface area contributed by atoms with Crippen LogP contribution in [0.3, 0.4) is 0 Å². The smallest absolute Gasteiger partial charge is 0.131 e. The lowest BCUT2D eigenvalue weighted by Crippen LogP contribution is -2.37. The first-order valence-corrected chi connectivity index (χ1v) is 7.36. The van der Waals surface area contributed by atoms with Crippen LogP contribution in [0.5, 0.6) is 5.75 Å². The normalized spacial score (nSPS) is 19.6. The molecule has 2 N–H and O–H groups in total. The lowest BCUT2D eigenvalue weighted by molar-refractivity contribution is -0.0339. The predicted octanol–water partition coefficient (Wildman–Crippen LogP) is 3.18. The second-order valence-corrected chi connectivity index (χ2v) is 5.77. The largest absolute Gasteiger partial charge is 0.490 e. The van der Waals surface area contributed by atoms with Crippen molar-refractivity contribution in [2.24, 2.45) is 0 Å². The number of halogens is 1. The summed E-state index contributed by atoms with van der Waals surface area (Å²) >= 11 is 0. The second-order valence-electron chi connectivity index (χ2n) is 5.77. The van der Waals surface area contributed by atoms with Crippen molar-refractivity contribution in [1.29, 1.82) is 0 Å². The minimum Gasteiger partial charge on any atom is -0.490 e. The molecule has 1 aliphatic carbocycles. The van der Waals surface area contributed by atoms with Gasteiger partial charge in [-0.25, -0.2) is 4.39 Å². The van der Waals surface area contributed by atoms with Gasteiger partial charge in [-0.3, -0.25) is 0 Å². The maximum absolute atomic E-state index is 14.0. The molecule has 0 heterocycles. The molecule has 0 radical (unpaired) electrons. The van der Waals surface area contributed by atoms with E-state index in [1.807, 2.05) is 6.92 Å². The standard InChI is InChI=1S/C16H24FNO2/c1-12(18-2)14-7-6-13(10-15(14)17)20-11-16(19)8-4-3-5-9-16/h6-7,10,12,18-19H,3-5,8-9,11H2,1-2H3. The molecule has 1 aromatic rings. The summed E-state index contributed by atoms with van der Waals surface area (Å²) in [5.74, 6) is 0.202. The van der Waals surface area contributed by atoms with E-state index in [4.69, 9.17) is 4.74 Å². The van der Waals surface area contributed by atoms with Crippen molar-refractivity contribution in [3.63, 3.8) is 0 Å². The third-order valence-corrected chi connectivity index (χ3v) is 4.16. The molecule has 1 aliphatic rings. The zero-order chi connectivity index (χ0) is 14.6. The Labute approximate surface area is 120 Å². The Hall–Kier alpha value is -1.13. The molecular weight excluding hydrogens is 257 g/mol. The number of nitrogens with one attached hydrogen (secondary N) is 1. The van der Waals surface area contributed by atoms with Crippen LogP contribution >= 0.6 is 0 Å². The van der Waals surface area contributed by atoms with Gasteiger partial charge in [0.05, 0.1) is 5.60 Å². The molecule has 1 saturated carbocycles. The summed E-state index contributed by atoms with van der Waals surface area (Å²) in [5.41, 5.74) is -0.123. The Bertz CT molecular complexity index is 444. The molecule has 1 atom stereocenters. The van der Waals surface area contributed by atoms with Gasteiger partial charge >= 0.3 is 0 Å². The zero-order valence-corrected chi connectivity index (χ0v) is 12.3. The molecule has 0 aromatic heterocycles. The van der Waals surface area contributed by atoms with Crippen LogP contribution < -0.4 is 10.1 Å². The number of rotatable bonds is 5. The SMILES string of the molecule is CNC(C)c1ccc(OCC2(O)CCCCC2)cc1F. The number of aliphatic hydroxyl groups is 1. The van der Waals surface area contributed by atoms with Gasteiger partial charge < -0.3 is 15.2 Å². The molecule has 0 bridgehead atoms. The topological polar surface area (TPSA) is 41.5 Å². The van der Waals surface area contributed by atoms with Crippen LogP contribution in [0.4, 0.5) is 4.39 Å². The van der Waals surface area contributed by atoms with Crippen molar-refractivity contribution >= 4 is 0 Å². The van der Waals surface area contributed by atoms with Gasteiger partial charge in [-0.1, -0.05) is 25.3 Å². The number of ether oxygens (including phenoxy) is 1. The van der Waals surface area contributed by atoms with Gasteiger partial charge in [-0.15, -0.1) is 0 Å². The third-order valence-electron chi connectivity index (χ3n) is 4.16. The lowest BCUT2D eigenvalue weighted by atomic mass is 9.85. The maximum atomic E-state index is 14.0. The molecule has 1 unspecified atom stereocenters. The van der Waals surface area contributed by atoms with Crippen LogP contribution in [0, 0.1) is 5.82 Å². The molecule has 1 aromatic carbocycles. The molecule has 0 amide bonds. The van der Waals surface area contributed by atoms with Gasteiger partial charge in [0.1, 0.15) is 18.2 Å². The van der Waals surface area contributed by atoms with E-state index in [9.17, 15) is 9.50 Å². The molecule has 1 fully saturated rings. The lowest BCUT2D eigenvalue weighted by Gasteiger charge is -2.31. The first-order valence-electron chi connectivity index (χ1n) is 7.36. The van der Waals surface area contributed by atoms with Gasteiger partial charge in [-0.2, -0.15) is 0 Å². The highest BCUT2D eigenvalue weighted by atomic mass is 19.1.